The number of nitrogens with one attached hydrogen (secondary N) is 1. The second-order valence-corrected chi connectivity index (χ2v) is 5.17. The lowest BCUT2D eigenvalue weighted by Gasteiger charge is -2.03. The Bertz CT molecular complexity index is 731. The fourth-order valence-electron chi connectivity index (χ4n) is 2.27. The maximum absolute atomic E-state index is 5.76. The van der Waals surface area contributed by atoms with Crippen LogP contribution in [0.4, 0.5) is 5.69 Å². The number of fused-ring (bicyclic) bond motifs is 1. The van der Waals surface area contributed by atoms with Gasteiger partial charge in [0, 0.05) is 5.69 Å². The molecule has 1 aromatic heterocycles. The number of nitrogens with two attached hydrogens (primary N) is 1. The highest BCUT2D eigenvalue weighted by atomic mass is 16.5. The normalized spacial score (nSPS) is 10.9. The highest BCUT2D eigenvalue weighted by Crippen LogP contribution is 2.23. The molecule has 3 rings (SSSR count). The van der Waals surface area contributed by atoms with E-state index in [0.29, 0.717) is 11.7 Å². The number of hydrogen-bond acceptors (Lipinski definition) is 3. The SMILES string of the molecule is CCCCc1ccc(Oc2nc3ccc(N)cc3[nH]2)cc1. The molecule has 4 nitrogen and oxygen atoms in total. The average molecular weight is 281 g/mol. The Morgan fingerprint density at radius 1 is 1.14 bits per heavy atom. The number of hydrogen-bond donors (Lipinski definition) is 2. The van der Waals surface area contributed by atoms with Gasteiger partial charge in [-0.3, -0.25) is 0 Å². The van der Waals surface area contributed by atoms with Gasteiger partial charge in [0.2, 0.25) is 0 Å². The Kier molecular flexibility index (Phi) is 3.77. The zero-order valence-electron chi connectivity index (χ0n) is 12.1. The van der Waals surface area contributed by atoms with Crippen LogP contribution < -0.4 is 10.5 Å². The van der Waals surface area contributed by atoms with Crippen molar-refractivity contribution in [1.29, 1.82) is 0 Å². The van der Waals surface area contributed by atoms with E-state index < -0.39 is 0 Å². The van der Waals surface area contributed by atoms with Gasteiger partial charge >= 0.3 is 0 Å². The Morgan fingerprint density at radius 3 is 2.71 bits per heavy atom. The number of aromatic amines is 1. The Morgan fingerprint density at radius 2 is 1.95 bits per heavy atom. The van der Waals surface area contributed by atoms with Gasteiger partial charge < -0.3 is 15.5 Å². The first-order valence-corrected chi connectivity index (χ1v) is 7.26. The van der Waals surface area contributed by atoms with Crippen LogP contribution >= 0.6 is 0 Å². The minimum absolute atomic E-state index is 0.483. The van der Waals surface area contributed by atoms with E-state index >= 15 is 0 Å². The third-order valence-corrected chi connectivity index (χ3v) is 3.44. The molecule has 0 radical (unpaired) electrons. The van der Waals surface area contributed by atoms with Gasteiger partial charge in [-0.1, -0.05) is 25.5 Å². The average Bonchev–Trinajstić information content (AvgIpc) is 2.88. The number of benzene rings is 2. The van der Waals surface area contributed by atoms with E-state index in [1.807, 2.05) is 30.3 Å². The molecular formula is C17H19N3O. The molecule has 0 atom stereocenters. The number of anilines is 1. The molecule has 0 saturated carbocycles. The highest BCUT2D eigenvalue weighted by molar-refractivity contribution is 5.79. The number of rotatable bonds is 5. The summed E-state index contributed by atoms with van der Waals surface area (Å²) < 4.78 is 5.76. The van der Waals surface area contributed by atoms with E-state index in [1.165, 1.54) is 18.4 Å². The van der Waals surface area contributed by atoms with Crippen LogP contribution in [0.3, 0.4) is 0 Å². The summed E-state index contributed by atoms with van der Waals surface area (Å²) in [6.45, 7) is 2.20. The minimum Gasteiger partial charge on any atom is -0.426 e. The van der Waals surface area contributed by atoms with Crippen molar-refractivity contribution in [2.75, 3.05) is 5.73 Å². The second-order valence-electron chi connectivity index (χ2n) is 5.17. The van der Waals surface area contributed by atoms with Crippen LogP contribution in [0.15, 0.2) is 42.5 Å². The molecule has 4 heteroatoms. The summed E-state index contributed by atoms with van der Waals surface area (Å²) in [5.74, 6) is 0.780. The van der Waals surface area contributed by atoms with Gasteiger partial charge in [-0.15, -0.1) is 0 Å². The van der Waals surface area contributed by atoms with Gasteiger partial charge in [-0.25, -0.2) is 0 Å². The van der Waals surface area contributed by atoms with Crippen molar-refractivity contribution >= 4 is 16.7 Å². The van der Waals surface area contributed by atoms with E-state index in [-0.39, 0.29) is 0 Å². The van der Waals surface area contributed by atoms with Crippen molar-refractivity contribution in [2.45, 2.75) is 26.2 Å². The summed E-state index contributed by atoms with van der Waals surface area (Å²) in [5, 5.41) is 0. The number of unbranched alkanes of at least 4 members (excludes halogenated alkanes) is 1. The molecular weight excluding hydrogens is 262 g/mol. The lowest BCUT2D eigenvalue weighted by Crippen LogP contribution is -1.88. The monoisotopic (exact) mass is 281 g/mol. The van der Waals surface area contributed by atoms with Gasteiger partial charge in [0.05, 0.1) is 11.0 Å². The van der Waals surface area contributed by atoms with Crippen molar-refractivity contribution in [1.82, 2.24) is 9.97 Å². The molecule has 1 heterocycles. The fraction of sp³-hybridized carbons (Fsp3) is 0.235. The third kappa shape index (κ3) is 3.16. The zero-order valence-corrected chi connectivity index (χ0v) is 12.1. The molecule has 0 spiro atoms. The van der Waals surface area contributed by atoms with Crippen molar-refractivity contribution in [3.63, 3.8) is 0 Å². The van der Waals surface area contributed by atoms with Gasteiger partial charge in [-0.2, -0.15) is 4.98 Å². The smallest absolute Gasteiger partial charge is 0.300 e. The Labute approximate surface area is 124 Å². The lowest BCUT2D eigenvalue weighted by molar-refractivity contribution is 0.449. The Balaban J connectivity index is 1.75. The van der Waals surface area contributed by atoms with Crippen molar-refractivity contribution in [3.8, 4) is 11.8 Å². The number of aromatic nitrogens is 2. The first kappa shape index (κ1) is 13.5. The molecule has 3 aromatic rings. The van der Waals surface area contributed by atoms with E-state index in [4.69, 9.17) is 10.5 Å². The summed E-state index contributed by atoms with van der Waals surface area (Å²) in [7, 11) is 0. The van der Waals surface area contributed by atoms with Gasteiger partial charge in [-0.05, 0) is 48.7 Å². The first-order chi connectivity index (χ1) is 10.2. The van der Waals surface area contributed by atoms with Gasteiger partial charge in [0.15, 0.2) is 0 Å². The number of aryl methyl sites for hydroxylation is 1. The molecule has 3 N–H and O–H groups in total. The number of ether oxygens (including phenoxy) is 1. The van der Waals surface area contributed by atoms with E-state index in [9.17, 15) is 0 Å². The second kappa shape index (κ2) is 5.87. The summed E-state index contributed by atoms with van der Waals surface area (Å²) in [5.41, 5.74) is 9.52. The molecule has 21 heavy (non-hydrogen) atoms. The van der Waals surface area contributed by atoms with Crippen LogP contribution in [0, 0.1) is 0 Å². The topological polar surface area (TPSA) is 63.9 Å². The van der Waals surface area contributed by atoms with Crippen molar-refractivity contribution < 1.29 is 4.74 Å². The Hall–Kier alpha value is -2.49. The largest absolute Gasteiger partial charge is 0.426 e. The fourth-order valence-corrected chi connectivity index (χ4v) is 2.27. The molecule has 0 unspecified atom stereocenters. The third-order valence-electron chi connectivity index (χ3n) is 3.44. The molecule has 0 bridgehead atoms. The van der Waals surface area contributed by atoms with Crippen LogP contribution in [0.25, 0.3) is 11.0 Å². The van der Waals surface area contributed by atoms with Crippen molar-refractivity contribution in [3.05, 3.63) is 48.0 Å². The van der Waals surface area contributed by atoms with Crippen LogP contribution in [0.5, 0.6) is 11.8 Å². The van der Waals surface area contributed by atoms with E-state index in [2.05, 4.69) is 29.0 Å². The molecule has 0 fully saturated rings. The van der Waals surface area contributed by atoms with Gasteiger partial charge in [0.1, 0.15) is 5.75 Å². The maximum Gasteiger partial charge on any atom is 0.300 e. The quantitative estimate of drug-likeness (QED) is 0.686. The predicted molar refractivity (Wildman–Crippen MR) is 85.6 cm³/mol. The van der Waals surface area contributed by atoms with Crippen molar-refractivity contribution in [2.24, 2.45) is 0 Å². The molecule has 0 amide bonds. The van der Waals surface area contributed by atoms with Crippen LogP contribution in [0.2, 0.25) is 0 Å². The summed E-state index contributed by atoms with van der Waals surface area (Å²) in [4.78, 5) is 7.51. The van der Waals surface area contributed by atoms with Crippen LogP contribution in [-0.4, -0.2) is 9.97 Å². The molecule has 2 aromatic carbocycles. The molecule has 0 aliphatic carbocycles. The number of nitrogens with zero attached hydrogens (tertiary/aromatic N) is 1. The summed E-state index contributed by atoms with van der Waals surface area (Å²) >= 11 is 0. The predicted octanol–water partition coefficient (Wildman–Crippen LogP) is 4.28. The van der Waals surface area contributed by atoms with Gasteiger partial charge in [0.25, 0.3) is 6.01 Å². The summed E-state index contributed by atoms with van der Waals surface area (Å²) in [6, 6.07) is 14.2. The lowest BCUT2D eigenvalue weighted by atomic mass is 10.1. The number of nitrogen functional groups attached to an aromatic ring is 1. The molecule has 108 valence electrons. The number of imidazole rings is 1. The minimum atomic E-state index is 0.483. The van der Waals surface area contributed by atoms with E-state index in [0.717, 1.165) is 23.2 Å². The molecule has 0 saturated heterocycles. The van der Waals surface area contributed by atoms with Crippen LogP contribution in [-0.2, 0) is 6.42 Å². The zero-order chi connectivity index (χ0) is 14.7. The van der Waals surface area contributed by atoms with Crippen LogP contribution in [0.1, 0.15) is 25.3 Å². The molecule has 0 aliphatic rings. The van der Waals surface area contributed by atoms with E-state index in [1.54, 1.807) is 0 Å². The molecule has 0 aliphatic heterocycles. The maximum atomic E-state index is 5.76. The first-order valence-electron chi connectivity index (χ1n) is 7.26. The standard InChI is InChI=1S/C17H19N3O/c1-2-3-4-12-5-8-14(9-6-12)21-17-19-15-10-7-13(18)11-16(15)20-17/h5-11H,2-4,18H2,1H3,(H,19,20). The highest BCUT2D eigenvalue weighted by Gasteiger charge is 2.05. The summed E-state index contributed by atoms with van der Waals surface area (Å²) in [6.07, 6.45) is 3.53. The number of H-pyrrole nitrogens is 1.